The van der Waals surface area contributed by atoms with Gasteiger partial charge in [-0.15, -0.1) is 0 Å². The van der Waals surface area contributed by atoms with E-state index in [1.807, 2.05) is 10.8 Å². The van der Waals surface area contributed by atoms with Crippen LogP contribution in [0.3, 0.4) is 0 Å². The van der Waals surface area contributed by atoms with Crippen LogP contribution in [0.15, 0.2) is 12.4 Å². The van der Waals surface area contributed by atoms with Crippen molar-refractivity contribution in [3.8, 4) is 5.95 Å². The fourth-order valence-electron chi connectivity index (χ4n) is 2.46. The van der Waals surface area contributed by atoms with E-state index < -0.39 is 0 Å². The Morgan fingerprint density at radius 1 is 1.15 bits per heavy atom. The van der Waals surface area contributed by atoms with E-state index in [1.54, 1.807) is 6.20 Å². The molecule has 106 valence electrons. The minimum Gasteiger partial charge on any atom is -0.368 e. The molecule has 1 fully saturated rings. The molecule has 2 aromatic rings. The molecule has 0 amide bonds. The number of hydrogen-bond donors (Lipinski definition) is 1. The normalized spacial score (nSPS) is 14.9. The Balaban J connectivity index is 1.98. The summed E-state index contributed by atoms with van der Waals surface area (Å²) in [7, 11) is 0. The third kappa shape index (κ3) is 2.43. The lowest BCUT2D eigenvalue weighted by Crippen LogP contribution is -2.22. The Bertz CT molecular complexity index is 586. The third-order valence-electron chi connectivity index (χ3n) is 3.42. The zero-order valence-electron chi connectivity index (χ0n) is 11.7. The van der Waals surface area contributed by atoms with Gasteiger partial charge in [0.05, 0.1) is 0 Å². The molecule has 20 heavy (non-hydrogen) atoms. The molecule has 3 rings (SSSR count). The van der Waals surface area contributed by atoms with Crippen molar-refractivity contribution in [1.29, 1.82) is 0 Å². The van der Waals surface area contributed by atoms with Crippen LogP contribution in [0.2, 0.25) is 0 Å². The molecule has 1 aliphatic rings. The van der Waals surface area contributed by atoms with Crippen LogP contribution in [0.5, 0.6) is 0 Å². The van der Waals surface area contributed by atoms with Gasteiger partial charge in [-0.1, -0.05) is 6.92 Å². The van der Waals surface area contributed by atoms with E-state index in [1.165, 1.54) is 12.8 Å². The summed E-state index contributed by atoms with van der Waals surface area (Å²) in [5.41, 5.74) is 5.83. The molecule has 2 aromatic heterocycles. The number of nitrogens with two attached hydrogens (primary N) is 1. The molecule has 0 saturated carbocycles. The van der Waals surface area contributed by atoms with Gasteiger partial charge in [-0.25, -0.2) is 4.98 Å². The van der Waals surface area contributed by atoms with Gasteiger partial charge in [-0.05, 0) is 19.3 Å². The van der Waals surface area contributed by atoms with Crippen molar-refractivity contribution in [3.05, 3.63) is 18.2 Å². The number of aryl methyl sites for hydroxylation is 1. The maximum Gasteiger partial charge on any atom is 0.241 e. The fraction of sp³-hybridized carbons (Fsp3) is 0.538. The first-order valence-corrected chi connectivity index (χ1v) is 7.07. The van der Waals surface area contributed by atoms with Gasteiger partial charge in [0.2, 0.25) is 17.8 Å². The predicted octanol–water partition coefficient (Wildman–Crippen LogP) is 1.19. The molecule has 7 heteroatoms. The zero-order valence-corrected chi connectivity index (χ0v) is 11.7. The van der Waals surface area contributed by atoms with Gasteiger partial charge < -0.3 is 10.6 Å². The molecule has 0 aromatic carbocycles. The van der Waals surface area contributed by atoms with Crippen molar-refractivity contribution in [2.75, 3.05) is 23.7 Å². The van der Waals surface area contributed by atoms with E-state index in [-0.39, 0.29) is 5.95 Å². The molecule has 1 saturated heterocycles. The highest BCUT2D eigenvalue weighted by atomic mass is 15.3. The minimum atomic E-state index is 0.257. The van der Waals surface area contributed by atoms with E-state index in [4.69, 9.17) is 5.73 Å². The molecule has 0 bridgehead atoms. The number of imidazole rings is 1. The Hall–Kier alpha value is -2.18. The summed E-state index contributed by atoms with van der Waals surface area (Å²) in [6.45, 7) is 4.08. The van der Waals surface area contributed by atoms with Crippen molar-refractivity contribution < 1.29 is 0 Å². The average molecular weight is 273 g/mol. The lowest BCUT2D eigenvalue weighted by molar-refractivity contribution is 0.770. The lowest BCUT2D eigenvalue weighted by Gasteiger charge is -2.16. The second kappa shape index (κ2) is 5.44. The van der Waals surface area contributed by atoms with Crippen LogP contribution in [-0.4, -0.2) is 37.6 Å². The van der Waals surface area contributed by atoms with Crippen LogP contribution >= 0.6 is 0 Å². The molecule has 0 radical (unpaired) electrons. The molecule has 2 N–H and O–H groups in total. The average Bonchev–Trinajstić information content (AvgIpc) is 3.09. The summed E-state index contributed by atoms with van der Waals surface area (Å²) in [6, 6.07) is 0. The quantitative estimate of drug-likeness (QED) is 0.900. The SMILES string of the molecule is CCCc1nccn1-c1nc(N)nc(N2CCCC2)n1. The highest BCUT2D eigenvalue weighted by Crippen LogP contribution is 2.18. The van der Waals surface area contributed by atoms with Crippen LogP contribution in [0, 0.1) is 0 Å². The molecular weight excluding hydrogens is 254 g/mol. The highest BCUT2D eigenvalue weighted by molar-refractivity contribution is 5.39. The molecule has 0 atom stereocenters. The molecular formula is C13H19N7. The summed E-state index contributed by atoms with van der Waals surface area (Å²) in [4.78, 5) is 19.5. The standard InChI is InChI=1S/C13H19N7/c1-2-5-10-15-6-9-20(10)13-17-11(14)16-12(18-13)19-7-3-4-8-19/h6,9H,2-5,7-8H2,1H3,(H2,14,16,17,18). The highest BCUT2D eigenvalue weighted by Gasteiger charge is 2.18. The van der Waals surface area contributed by atoms with Crippen molar-refractivity contribution in [3.63, 3.8) is 0 Å². The van der Waals surface area contributed by atoms with Gasteiger partial charge in [0.1, 0.15) is 5.82 Å². The monoisotopic (exact) mass is 273 g/mol. The van der Waals surface area contributed by atoms with Crippen molar-refractivity contribution in [2.45, 2.75) is 32.6 Å². The van der Waals surface area contributed by atoms with Gasteiger partial charge in [-0.2, -0.15) is 15.0 Å². The van der Waals surface area contributed by atoms with Crippen LogP contribution < -0.4 is 10.6 Å². The van der Waals surface area contributed by atoms with E-state index in [0.29, 0.717) is 11.9 Å². The Morgan fingerprint density at radius 2 is 1.90 bits per heavy atom. The second-order valence-electron chi connectivity index (χ2n) is 4.95. The summed E-state index contributed by atoms with van der Waals surface area (Å²) >= 11 is 0. The Morgan fingerprint density at radius 3 is 2.65 bits per heavy atom. The zero-order chi connectivity index (χ0) is 13.9. The van der Waals surface area contributed by atoms with Gasteiger partial charge in [-0.3, -0.25) is 4.57 Å². The van der Waals surface area contributed by atoms with Crippen LogP contribution in [0.25, 0.3) is 5.95 Å². The second-order valence-corrected chi connectivity index (χ2v) is 4.95. The molecule has 0 aliphatic carbocycles. The third-order valence-corrected chi connectivity index (χ3v) is 3.42. The first-order valence-electron chi connectivity index (χ1n) is 7.07. The number of anilines is 2. The summed E-state index contributed by atoms with van der Waals surface area (Å²) in [5.74, 6) is 2.43. The van der Waals surface area contributed by atoms with Crippen LogP contribution in [0.1, 0.15) is 32.0 Å². The lowest BCUT2D eigenvalue weighted by atomic mass is 10.3. The van der Waals surface area contributed by atoms with Gasteiger partial charge >= 0.3 is 0 Å². The topological polar surface area (TPSA) is 85.8 Å². The fourth-order valence-corrected chi connectivity index (χ4v) is 2.46. The molecule has 1 aliphatic heterocycles. The van der Waals surface area contributed by atoms with Gasteiger partial charge in [0.15, 0.2) is 0 Å². The molecule has 7 nitrogen and oxygen atoms in total. The maximum atomic E-state index is 5.83. The van der Waals surface area contributed by atoms with Crippen molar-refractivity contribution in [2.24, 2.45) is 0 Å². The van der Waals surface area contributed by atoms with E-state index >= 15 is 0 Å². The maximum absolute atomic E-state index is 5.83. The van der Waals surface area contributed by atoms with Crippen molar-refractivity contribution in [1.82, 2.24) is 24.5 Å². The van der Waals surface area contributed by atoms with Gasteiger partial charge in [0, 0.05) is 31.9 Å². The summed E-state index contributed by atoms with van der Waals surface area (Å²) in [5, 5.41) is 0. The molecule has 3 heterocycles. The molecule has 0 unspecified atom stereocenters. The Kier molecular flexibility index (Phi) is 3.49. The van der Waals surface area contributed by atoms with Gasteiger partial charge in [0.25, 0.3) is 0 Å². The summed E-state index contributed by atoms with van der Waals surface area (Å²) < 4.78 is 1.89. The van der Waals surface area contributed by atoms with Crippen molar-refractivity contribution >= 4 is 11.9 Å². The number of nitrogen functional groups attached to an aromatic ring is 1. The van der Waals surface area contributed by atoms with E-state index in [2.05, 4.69) is 31.8 Å². The number of hydrogen-bond acceptors (Lipinski definition) is 6. The minimum absolute atomic E-state index is 0.257. The van der Waals surface area contributed by atoms with E-state index in [0.717, 1.165) is 31.8 Å². The predicted molar refractivity (Wildman–Crippen MR) is 76.8 cm³/mol. The Labute approximate surface area is 117 Å². The van der Waals surface area contributed by atoms with E-state index in [9.17, 15) is 0 Å². The first-order chi connectivity index (χ1) is 9.78. The molecule has 0 spiro atoms. The number of nitrogens with zero attached hydrogens (tertiary/aromatic N) is 6. The van der Waals surface area contributed by atoms with Crippen LogP contribution in [0.4, 0.5) is 11.9 Å². The summed E-state index contributed by atoms with van der Waals surface area (Å²) in [6.07, 6.45) is 7.89. The number of aromatic nitrogens is 5. The number of rotatable bonds is 4. The smallest absolute Gasteiger partial charge is 0.241 e. The first kappa shape index (κ1) is 12.8. The van der Waals surface area contributed by atoms with Crippen LogP contribution in [-0.2, 0) is 6.42 Å². The largest absolute Gasteiger partial charge is 0.368 e.